The number of rotatable bonds is 6. The molecule has 0 saturated heterocycles. The molecule has 2 aromatic rings. The topological polar surface area (TPSA) is 33.6 Å². The summed E-state index contributed by atoms with van der Waals surface area (Å²) >= 11 is 0. The monoisotopic (exact) mass is 268 g/mol. The molecule has 0 radical (unpaired) electrons. The summed E-state index contributed by atoms with van der Waals surface area (Å²) in [7, 11) is 1.67. The van der Waals surface area contributed by atoms with E-state index in [0.29, 0.717) is 0 Å². The Labute approximate surface area is 120 Å². The predicted molar refractivity (Wildman–Crippen MR) is 85.1 cm³/mol. The van der Waals surface area contributed by atoms with E-state index in [4.69, 9.17) is 4.74 Å². The number of methoxy groups -OCH3 is 1. The lowest BCUT2D eigenvalue weighted by atomic mass is 10.2. The summed E-state index contributed by atoms with van der Waals surface area (Å²) in [6, 6.07) is 16.2. The van der Waals surface area contributed by atoms with E-state index < -0.39 is 0 Å². The van der Waals surface area contributed by atoms with Gasteiger partial charge in [0.25, 0.3) is 0 Å². The highest BCUT2D eigenvalue weighted by Gasteiger charge is 1.92. The van der Waals surface area contributed by atoms with Gasteiger partial charge in [-0.3, -0.25) is 4.99 Å². The molecule has 0 aliphatic heterocycles. The zero-order valence-electron chi connectivity index (χ0n) is 12.0. The maximum absolute atomic E-state index is 5.12. The smallest absolute Gasteiger partial charge is 0.119 e. The summed E-state index contributed by atoms with van der Waals surface area (Å²) in [5.41, 5.74) is 3.49. The van der Waals surface area contributed by atoms with Crippen molar-refractivity contribution in [3.05, 3.63) is 59.7 Å². The van der Waals surface area contributed by atoms with Crippen LogP contribution in [0.25, 0.3) is 0 Å². The summed E-state index contributed by atoms with van der Waals surface area (Å²) < 4.78 is 5.12. The molecule has 0 aliphatic carbocycles. The molecule has 20 heavy (non-hydrogen) atoms. The molecule has 0 bridgehead atoms. The Morgan fingerprint density at radius 2 is 1.75 bits per heavy atom. The number of benzene rings is 2. The van der Waals surface area contributed by atoms with Gasteiger partial charge in [0.15, 0.2) is 0 Å². The minimum atomic E-state index is 0.750. The fourth-order valence-corrected chi connectivity index (χ4v) is 1.80. The molecule has 104 valence electrons. The van der Waals surface area contributed by atoms with Crippen LogP contribution in [0, 0.1) is 6.92 Å². The number of hydrogen-bond acceptors (Lipinski definition) is 3. The molecule has 3 nitrogen and oxygen atoms in total. The molecule has 0 heterocycles. The van der Waals surface area contributed by atoms with Crippen molar-refractivity contribution >= 4 is 11.9 Å². The zero-order chi connectivity index (χ0) is 14.2. The van der Waals surface area contributed by atoms with Gasteiger partial charge in [-0.2, -0.15) is 0 Å². The Bertz CT molecular complexity index is 544. The number of nitrogens with one attached hydrogen (secondary N) is 1. The predicted octanol–water partition coefficient (Wildman–Crippen LogP) is 3.53. The lowest BCUT2D eigenvalue weighted by Crippen LogP contribution is -2.04. The van der Waals surface area contributed by atoms with E-state index in [0.717, 1.165) is 30.1 Å². The lowest BCUT2D eigenvalue weighted by Gasteiger charge is -2.05. The van der Waals surface area contributed by atoms with E-state index in [1.165, 1.54) is 5.56 Å². The second kappa shape index (κ2) is 7.34. The van der Waals surface area contributed by atoms with Crippen LogP contribution in [-0.4, -0.2) is 26.4 Å². The molecule has 3 heteroatoms. The minimum absolute atomic E-state index is 0.750. The van der Waals surface area contributed by atoms with Crippen molar-refractivity contribution in [3.8, 4) is 5.75 Å². The van der Waals surface area contributed by atoms with Gasteiger partial charge in [-0.25, -0.2) is 0 Å². The van der Waals surface area contributed by atoms with Crippen LogP contribution in [0.1, 0.15) is 11.1 Å². The Balaban J connectivity index is 1.74. The van der Waals surface area contributed by atoms with Crippen LogP contribution in [0.15, 0.2) is 53.5 Å². The molecule has 0 atom stereocenters. The Hall–Kier alpha value is -2.29. The highest BCUT2D eigenvalue weighted by atomic mass is 16.5. The van der Waals surface area contributed by atoms with Gasteiger partial charge in [-0.15, -0.1) is 0 Å². The molecule has 2 aromatic carbocycles. The molecule has 1 N–H and O–H groups in total. The molecular weight excluding hydrogens is 248 g/mol. The van der Waals surface area contributed by atoms with Crippen molar-refractivity contribution in [1.29, 1.82) is 0 Å². The molecular formula is C17H20N2O. The van der Waals surface area contributed by atoms with Crippen molar-refractivity contribution in [2.24, 2.45) is 4.99 Å². The highest BCUT2D eigenvalue weighted by molar-refractivity contribution is 5.79. The molecule has 0 fully saturated rings. The lowest BCUT2D eigenvalue weighted by molar-refractivity contribution is 0.415. The van der Waals surface area contributed by atoms with Crippen LogP contribution < -0.4 is 10.1 Å². The highest BCUT2D eigenvalue weighted by Crippen LogP contribution is 2.14. The molecule has 0 aliphatic rings. The van der Waals surface area contributed by atoms with Gasteiger partial charge in [-0.05, 0) is 36.8 Å². The normalized spacial score (nSPS) is 10.7. The van der Waals surface area contributed by atoms with Gasteiger partial charge in [0.1, 0.15) is 5.75 Å². The van der Waals surface area contributed by atoms with Gasteiger partial charge < -0.3 is 10.1 Å². The first-order valence-corrected chi connectivity index (χ1v) is 6.72. The third-order valence-corrected chi connectivity index (χ3v) is 2.98. The largest absolute Gasteiger partial charge is 0.497 e. The van der Waals surface area contributed by atoms with Crippen molar-refractivity contribution in [1.82, 2.24) is 0 Å². The van der Waals surface area contributed by atoms with Crippen LogP contribution in [0.3, 0.4) is 0 Å². The molecule has 0 amide bonds. The van der Waals surface area contributed by atoms with Gasteiger partial charge in [-0.1, -0.05) is 29.8 Å². The summed E-state index contributed by atoms with van der Waals surface area (Å²) in [6.07, 6.45) is 1.91. The fourth-order valence-electron chi connectivity index (χ4n) is 1.80. The number of ether oxygens (including phenoxy) is 1. The first kappa shape index (κ1) is 14.1. The van der Waals surface area contributed by atoms with Crippen molar-refractivity contribution in [3.63, 3.8) is 0 Å². The molecule has 0 spiro atoms. The van der Waals surface area contributed by atoms with Crippen LogP contribution >= 0.6 is 0 Å². The van der Waals surface area contributed by atoms with Gasteiger partial charge in [0, 0.05) is 18.4 Å². The first-order valence-electron chi connectivity index (χ1n) is 6.72. The quantitative estimate of drug-likeness (QED) is 0.642. The number of hydrogen-bond donors (Lipinski definition) is 1. The number of aliphatic imine (C=N–C) groups is 1. The number of anilines is 1. The SMILES string of the molecule is COc1ccc(NCCN=Cc2ccc(C)cc2)cc1. The van der Waals surface area contributed by atoms with Crippen LogP contribution in [-0.2, 0) is 0 Å². The van der Waals surface area contributed by atoms with Crippen molar-refractivity contribution in [2.45, 2.75) is 6.92 Å². The van der Waals surface area contributed by atoms with Crippen LogP contribution in [0.2, 0.25) is 0 Å². The summed E-state index contributed by atoms with van der Waals surface area (Å²) in [5.74, 6) is 0.868. The maximum atomic E-state index is 5.12. The fraction of sp³-hybridized carbons (Fsp3) is 0.235. The van der Waals surface area contributed by atoms with Gasteiger partial charge in [0.05, 0.1) is 13.7 Å². The average Bonchev–Trinajstić information content (AvgIpc) is 2.49. The van der Waals surface area contributed by atoms with E-state index in [-0.39, 0.29) is 0 Å². The Morgan fingerprint density at radius 3 is 2.40 bits per heavy atom. The minimum Gasteiger partial charge on any atom is -0.497 e. The van der Waals surface area contributed by atoms with E-state index >= 15 is 0 Å². The van der Waals surface area contributed by atoms with Crippen LogP contribution in [0.4, 0.5) is 5.69 Å². The second-order valence-electron chi connectivity index (χ2n) is 4.60. The number of aryl methyl sites for hydroxylation is 1. The van der Waals surface area contributed by atoms with Crippen LogP contribution in [0.5, 0.6) is 5.75 Å². The molecule has 0 unspecified atom stereocenters. The molecule has 2 rings (SSSR count). The summed E-state index contributed by atoms with van der Waals surface area (Å²) in [6.45, 7) is 3.65. The average molecular weight is 268 g/mol. The summed E-state index contributed by atoms with van der Waals surface area (Å²) in [4.78, 5) is 4.41. The maximum Gasteiger partial charge on any atom is 0.119 e. The summed E-state index contributed by atoms with van der Waals surface area (Å²) in [5, 5.41) is 3.32. The van der Waals surface area contributed by atoms with E-state index in [9.17, 15) is 0 Å². The van der Waals surface area contributed by atoms with Crippen molar-refractivity contribution in [2.75, 3.05) is 25.5 Å². The number of nitrogens with zero attached hydrogens (tertiary/aromatic N) is 1. The standard InChI is InChI=1S/C17H20N2O/c1-14-3-5-15(6-4-14)13-18-11-12-19-16-7-9-17(20-2)10-8-16/h3-10,13,19H,11-12H2,1-2H3. The Kier molecular flexibility index (Phi) is 5.18. The Morgan fingerprint density at radius 1 is 1.05 bits per heavy atom. The molecule has 0 aromatic heterocycles. The van der Waals surface area contributed by atoms with E-state index in [1.54, 1.807) is 7.11 Å². The van der Waals surface area contributed by atoms with E-state index in [1.807, 2.05) is 30.5 Å². The third kappa shape index (κ3) is 4.43. The molecule has 0 saturated carbocycles. The van der Waals surface area contributed by atoms with E-state index in [2.05, 4.69) is 41.5 Å². The third-order valence-electron chi connectivity index (χ3n) is 2.98. The van der Waals surface area contributed by atoms with Gasteiger partial charge >= 0.3 is 0 Å². The first-order chi connectivity index (χ1) is 9.78. The van der Waals surface area contributed by atoms with Gasteiger partial charge in [0.2, 0.25) is 0 Å². The van der Waals surface area contributed by atoms with Crippen molar-refractivity contribution < 1.29 is 4.74 Å². The zero-order valence-corrected chi connectivity index (χ0v) is 12.0. The second-order valence-corrected chi connectivity index (χ2v) is 4.60.